The highest BCUT2D eigenvalue weighted by atomic mass is 31.2. The molecule has 0 aliphatic heterocycles. The van der Waals surface area contributed by atoms with Crippen molar-refractivity contribution < 1.29 is 0 Å². The first kappa shape index (κ1) is 22.2. The Morgan fingerprint density at radius 2 is 0.528 bits per heavy atom. The van der Waals surface area contributed by atoms with Crippen molar-refractivity contribution >= 4 is 16.9 Å². The Morgan fingerprint density at radius 3 is 0.667 bits per heavy atom. The molecule has 182 valence electrons. The Hall–Kier alpha value is -4.26. The van der Waals surface area contributed by atoms with Crippen LogP contribution < -0.4 is 14.7 Å². The van der Waals surface area contributed by atoms with Gasteiger partial charge in [0.25, 0.3) is 0 Å². The number of nitrogens with zero attached hydrogens (tertiary/aromatic N) is 10. The number of aromatic nitrogens is 6. The minimum atomic E-state index is -3.07. The first-order chi connectivity index (χ1) is 17.8. The van der Waals surface area contributed by atoms with Gasteiger partial charge in [-0.2, -0.15) is 0 Å². The van der Waals surface area contributed by atoms with Gasteiger partial charge >= 0.3 is 7.51 Å². The van der Waals surface area contributed by atoms with Crippen LogP contribution in [0.25, 0.3) is 0 Å². The first-order valence-electron chi connectivity index (χ1n) is 11.4. The summed E-state index contributed by atoms with van der Waals surface area (Å²) in [5.41, 5.74) is 0. The van der Waals surface area contributed by atoms with Crippen molar-refractivity contribution in [3.63, 3.8) is 0 Å². The predicted octanol–water partition coefficient (Wildman–Crippen LogP) is 4.84. The second-order valence-electron chi connectivity index (χ2n) is 7.84. The largest absolute Gasteiger partial charge is 0.350 e. The lowest BCUT2D eigenvalue weighted by atomic mass is 10.7. The fourth-order valence-corrected chi connectivity index (χ4v) is 8.13. The first-order valence-corrected chi connectivity index (χ1v) is 13.5. The third-order valence-electron chi connectivity index (χ3n) is 5.65. The van der Waals surface area contributed by atoms with Crippen molar-refractivity contribution in [2.45, 2.75) is 0 Å². The summed E-state index contributed by atoms with van der Waals surface area (Å²) in [6.45, 7) is 0. The third-order valence-corrected chi connectivity index (χ3v) is 9.57. The van der Waals surface area contributed by atoms with Crippen molar-refractivity contribution in [1.29, 1.82) is 0 Å². The van der Waals surface area contributed by atoms with Crippen molar-refractivity contribution in [2.24, 2.45) is 4.52 Å². The minimum absolute atomic E-state index is 2.01. The quantitative estimate of drug-likeness (QED) is 0.259. The molecule has 1 atom stereocenters. The van der Waals surface area contributed by atoms with Gasteiger partial charge in [-0.25, -0.2) is 32.6 Å². The maximum atomic E-state index is 5.24. The van der Waals surface area contributed by atoms with Crippen LogP contribution in [0.4, 0.5) is 0 Å². The van der Waals surface area contributed by atoms with Crippen LogP contribution in [0.5, 0.6) is 0 Å². The van der Waals surface area contributed by atoms with Crippen LogP contribution in [-0.2, 0) is 0 Å². The maximum Gasteiger partial charge on any atom is 0.350 e. The van der Waals surface area contributed by atoms with E-state index in [0.717, 1.165) is 0 Å². The van der Waals surface area contributed by atoms with Crippen molar-refractivity contribution in [1.82, 2.24) is 28.1 Å². The van der Waals surface area contributed by atoms with Gasteiger partial charge in [0.15, 0.2) is 0 Å². The zero-order chi connectivity index (χ0) is 24.4. The van der Waals surface area contributed by atoms with Gasteiger partial charge in [-0.15, -0.1) is 14.7 Å². The molecule has 0 saturated heterocycles. The number of hydrogen-bond donors (Lipinski definition) is 0. The van der Waals surface area contributed by atoms with Crippen LogP contribution in [0.3, 0.4) is 0 Å². The summed E-state index contributed by atoms with van der Waals surface area (Å²) < 4.78 is 17.6. The summed E-state index contributed by atoms with van der Waals surface area (Å²) in [5, 5.41) is 0. The maximum absolute atomic E-state index is 5.24. The Morgan fingerprint density at radius 1 is 0.361 bits per heavy atom. The molecule has 6 aromatic rings. The molecule has 0 aliphatic rings. The highest BCUT2D eigenvalue weighted by molar-refractivity contribution is 7.71. The fraction of sp³-hybridized carbons (Fsp3) is 0. The van der Waals surface area contributed by atoms with Gasteiger partial charge in [-0.1, -0.05) is 0 Å². The number of rotatable bonds is 9. The van der Waals surface area contributed by atoms with E-state index in [9.17, 15) is 0 Å². The van der Waals surface area contributed by atoms with Crippen LogP contribution in [0, 0.1) is 0 Å². The van der Waals surface area contributed by atoms with E-state index in [4.69, 9.17) is 4.52 Å². The molecule has 0 bridgehead atoms. The van der Waals surface area contributed by atoms with E-state index >= 15 is 0 Å². The van der Waals surface area contributed by atoms with E-state index in [1.54, 1.807) is 0 Å². The van der Waals surface area contributed by atoms with Gasteiger partial charge < -0.3 is 0 Å². The molecule has 0 radical (unpaired) electrons. The van der Waals surface area contributed by atoms with Crippen LogP contribution in [0.1, 0.15) is 0 Å². The SMILES string of the molecule is PN=P(N(n1cccc1)n1cccc1)(N(n1cccc1)n1cccc1)N(n1cccc1)n1cccc1. The molecule has 1 unspecified atom stereocenters. The molecule has 36 heavy (non-hydrogen) atoms. The van der Waals surface area contributed by atoms with Crippen molar-refractivity contribution in [3.05, 3.63) is 147 Å². The van der Waals surface area contributed by atoms with E-state index in [0.29, 0.717) is 0 Å². The summed E-state index contributed by atoms with van der Waals surface area (Å²) in [4.78, 5) is 6.50. The van der Waals surface area contributed by atoms with E-state index in [-0.39, 0.29) is 0 Å². The highest BCUT2D eigenvalue weighted by Crippen LogP contribution is 2.58. The lowest BCUT2D eigenvalue weighted by Crippen LogP contribution is -2.55. The molecule has 6 heterocycles. The van der Waals surface area contributed by atoms with Gasteiger partial charge in [0.1, 0.15) is 0 Å². The van der Waals surface area contributed by atoms with Crippen LogP contribution in [-0.4, -0.2) is 28.1 Å². The van der Waals surface area contributed by atoms with Crippen molar-refractivity contribution in [3.8, 4) is 0 Å². The zero-order valence-corrected chi connectivity index (χ0v) is 21.4. The van der Waals surface area contributed by atoms with Crippen molar-refractivity contribution in [2.75, 3.05) is 14.7 Å². The van der Waals surface area contributed by atoms with Gasteiger partial charge in [0.05, 0.1) is 0 Å². The van der Waals surface area contributed by atoms with Crippen LogP contribution in [0.2, 0.25) is 0 Å². The molecule has 0 fully saturated rings. The zero-order valence-electron chi connectivity index (χ0n) is 19.4. The minimum Gasteiger partial charge on any atom is -0.246 e. The molecule has 0 spiro atoms. The van der Waals surface area contributed by atoms with Gasteiger partial charge in [0.2, 0.25) is 0 Å². The Balaban J connectivity index is 1.75. The molecule has 6 aromatic heterocycles. The van der Waals surface area contributed by atoms with E-state index in [1.807, 2.05) is 147 Å². The topological polar surface area (TPSA) is 51.7 Å². The van der Waals surface area contributed by atoms with E-state index in [2.05, 4.69) is 52.1 Å². The average molecular weight is 516 g/mol. The monoisotopic (exact) mass is 516 g/mol. The summed E-state index contributed by atoms with van der Waals surface area (Å²) in [5.74, 6) is 0. The summed E-state index contributed by atoms with van der Waals surface area (Å²) in [7, 11) is -0.402. The average Bonchev–Trinajstić information content (AvgIpc) is 3.76. The smallest absolute Gasteiger partial charge is 0.246 e. The number of hydrogen-bond acceptors (Lipinski definition) is 1. The van der Waals surface area contributed by atoms with E-state index < -0.39 is 7.51 Å². The molecule has 6 rings (SSSR count). The van der Waals surface area contributed by atoms with E-state index in [1.165, 1.54) is 0 Å². The highest BCUT2D eigenvalue weighted by Gasteiger charge is 2.46. The molecular formula is C24H26N10P2. The van der Waals surface area contributed by atoms with Gasteiger partial charge in [0, 0.05) is 74.4 Å². The Kier molecular flexibility index (Phi) is 5.81. The van der Waals surface area contributed by atoms with Crippen LogP contribution in [0.15, 0.2) is 152 Å². The standard InChI is InChI=1S/C24H26N10P2/c35-25-36(32(26-13-1-2-14-26)27-15-3-4-16-27,33(28-17-5-6-18-28)29-19-7-8-20-29)34(30-21-9-10-22-30)31-23-11-12-24-31/h1-24H,35H2. The molecule has 0 aliphatic carbocycles. The van der Waals surface area contributed by atoms with Gasteiger partial charge in [-0.3, -0.25) is 0 Å². The fourth-order valence-electron chi connectivity index (χ4n) is 4.21. The molecule has 0 amide bonds. The second kappa shape index (κ2) is 9.41. The molecule has 10 nitrogen and oxygen atoms in total. The molecule has 12 heteroatoms. The lowest BCUT2D eigenvalue weighted by Gasteiger charge is -2.49. The van der Waals surface area contributed by atoms with Gasteiger partial charge in [-0.05, 0) is 82.2 Å². The summed E-state index contributed by atoms with van der Waals surface area (Å²) in [6.07, 6.45) is 24.3. The Labute approximate surface area is 211 Å². The Bertz CT molecular complexity index is 1210. The summed E-state index contributed by atoms with van der Waals surface area (Å²) in [6, 6.07) is 24.2. The second-order valence-corrected chi connectivity index (χ2v) is 10.9. The van der Waals surface area contributed by atoms with Crippen LogP contribution >= 0.6 is 16.9 Å². The summed E-state index contributed by atoms with van der Waals surface area (Å²) >= 11 is 0. The normalized spacial score (nSPS) is 11.5. The molecule has 0 aromatic carbocycles. The molecule has 0 N–H and O–H groups in total. The lowest BCUT2D eigenvalue weighted by molar-refractivity contribution is 0.560. The molecule has 0 saturated carbocycles. The third kappa shape index (κ3) is 3.59. The molecular weight excluding hydrogens is 490 g/mol. The predicted molar refractivity (Wildman–Crippen MR) is 146 cm³/mol.